The van der Waals surface area contributed by atoms with E-state index in [-0.39, 0.29) is 25.3 Å². The predicted octanol–water partition coefficient (Wildman–Crippen LogP) is 2.81. The Morgan fingerprint density at radius 2 is 1.50 bits per heavy atom. The molecule has 7 nitrogen and oxygen atoms in total. The van der Waals surface area contributed by atoms with E-state index in [1.54, 1.807) is 65.8 Å². The monoisotopic (exact) mass is 392 g/mol. The zero-order valence-corrected chi connectivity index (χ0v) is 17.7. The molecule has 1 atom stereocenters. The number of benzene rings is 1. The molecule has 0 saturated heterocycles. The molecule has 2 N–H and O–H groups in total. The maximum Gasteiger partial charge on any atom is 0.326 e. The van der Waals surface area contributed by atoms with E-state index in [0.29, 0.717) is 5.69 Å². The minimum absolute atomic E-state index is 0.00188. The maximum atomic E-state index is 12.8. The number of nitrogens with two attached hydrogens (primary N) is 1. The van der Waals surface area contributed by atoms with E-state index < -0.39 is 29.2 Å². The fraction of sp³-hybridized carbons (Fsp3) is 0.571. The Labute approximate surface area is 167 Å². The molecule has 0 aliphatic heterocycles. The molecule has 156 valence electrons. The second-order valence-corrected chi connectivity index (χ2v) is 8.58. The van der Waals surface area contributed by atoms with Gasteiger partial charge in [0.05, 0.1) is 0 Å². The third-order valence-electron chi connectivity index (χ3n) is 3.45. The average Bonchev–Trinajstić information content (AvgIpc) is 2.55. The third-order valence-corrected chi connectivity index (χ3v) is 3.45. The molecule has 0 spiro atoms. The molecule has 7 heteroatoms. The lowest BCUT2D eigenvalue weighted by Crippen LogP contribution is -2.41. The maximum absolute atomic E-state index is 12.8. The quantitative estimate of drug-likeness (QED) is 0.717. The van der Waals surface area contributed by atoms with Crippen LogP contribution in [0.2, 0.25) is 0 Å². The topological polar surface area (TPSA) is 98.9 Å². The van der Waals surface area contributed by atoms with Crippen molar-refractivity contribution < 1.29 is 23.9 Å². The Hall–Kier alpha value is -2.41. The molecule has 0 heterocycles. The predicted molar refractivity (Wildman–Crippen MR) is 108 cm³/mol. The van der Waals surface area contributed by atoms with Crippen LogP contribution in [0.15, 0.2) is 30.3 Å². The van der Waals surface area contributed by atoms with Gasteiger partial charge >= 0.3 is 11.9 Å². The number of rotatable bonds is 7. The number of carbonyl (C=O) groups is 3. The molecular formula is C21H32N2O5. The van der Waals surface area contributed by atoms with Gasteiger partial charge in [0.1, 0.15) is 23.8 Å². The first-order chi connectivity index (χ1) is 12.8. The average molecular weight is 392 g/mol. The Kier molecular flexibility index (Phi) is 8.17. The first-order valence-electron chi connectivity index (χ1n) is 9.34. The van der Waals surface area contributed by atoms with Gasteiger partial charge in [0.25, 0.3) is 0 Å². The summed E-state index contributed by atoms with van der Waals surface area (Å²) in [5.41, 5.74) is 5.13. The van der Waals surface area contributed by atoms with Crippen molar-refractivity contribution in [2.45, 2.75) is 71.6 Å². The highest BCUT2D eigenvalue weighted by Crippen LogP contribution is 2.17. The van der Waals surface area contributed by atoms with E-state index in [2.05, 4.69) is 0 Å². The Balaban J connectivity index is 2.80. The van der Waals surface area contributed by atoms with Gasteiger partial charge < -0.3 is 20.1 Å². The van der Waals surface area contributed by atoms with E-state index in [0.717, 1.165) is 0 Å². The number of para-hydroxylation sites is 1. The number of ether oxygens (including phenoxy) is 2. The van der Waals surface area contributed by atoms with E-state index in [1.807, 2.05) is 6.07 Å². The van der Waals surface area contributed by atoms with Gasteiger partial charge in [-0.3, -0.25) is 14.4 Å². The SMILES string of the molecule is CC(C)(C)OC(=O)CN(C(=O)CC[C@H](N)C(=O)OC(C)(C)C)c1ccccc1. The summed E-state index contributed by atoms with van der Waals surface area (Å²) in [6.45, 7) is 10.3. The number of anilines is 1. The molecule has 1 rings (SSSR count). The van der Waals surface area contributed by atoms with Crippen molar-refractivity contribution >= 4 is 23.5 Å². The van der Waals surface area contributed by atoms with Crippen molar-refractivity contribution in [1.82, 2.24) is 0 Å². The van der Waals surface area contributed by atoms with Gasteiger partial charge in [0.2, 0.25) is 5.91 Å². The van der Waals surface area contributed by atoms with Crippen LogP contribution in [0.4, 0.5) is 5.69 Å². The van der Waals surface area contributed by atoms with Crippen LogP contribution in [0, 0.1) is 0 Å². The molecule has 0 bridgehead atoms. The summed E-state index contributed by atoms with van der Waals surface area (Å²) in [5.74, 6) is -1.39. The van der Waals surface area contributed by atoms with E-state index in [1.165, 1.54) is 4.90 Å². The van der Waals surface area contributed by atoms with Gasteiger partial charge in [0, 0.05) is 12.1 Å². The second kappa shape index (κ2) is 9.68. The number of nitrogens with zero attached hydrogens (tertiary/aromatic N) is 1. The van der Waals surface area contributed by atoms with Crippen molar-refractivity contribution in [2.75, 3.05) is 11.4 Å². The molecule has 1 aromatic rings. The fourth-order valence-corrected chi connectivity index (χ4v) is 2.34. The fourth-order valence-electron chi connectivity index (χ4n) is 2.34. The summed E-state index contributed by atoms with van der Waals surface area (Å²) >= 11 is 0. The summed E-state index contributed by atoms with van der Waals surface area (Å²) < 4.78 is 10.6. The Morgan fingerprint density at radius 3 is 2.00 bits per heavy atom. The minimum Gasteiger partial charge on any atom is -0.459 e. The normalized spacial score (nSPS) is 12.8. The standard InChI is InChI=1S/C21H32N2O5/c1-20(2,3)27-18(25)14-23(15-10-8-7-9-11-15)17(24)13-12-16(22)19(26)28-21(4,5)6/h7-11,16H,12-14,22H2,1-6H3/t16-/m0/s1. The van der Waals surface area contributed by atoms with Crippen molar-refractivity contribution in [1.29, 1.82) is 0 Å². The summed E-state index contributed by atoms with van der Waals surface area (Å²) in [6, 6.07) is 7.92. The van der Waals surface area contributed by atoms with Gasteiger partial charge in [0.15, 0.2) is 0 Å². The summed E-state index contributed by atoms with van der Waals surface area (Å²) in [4.78, 5) is 38.3. The molecule has 0 unspecified atom stereocenters. The van der Waals surface area contributed by atoms with Crippen LogP contribution in [0.3, 0.4) is 0 Å². The summed E-state index contributed by atoms with van der Waals surface area (Å²) in [6.07, 6.45) is 0.115. The lowest BCUT2D eigenvalue weighted by molar-refractivity contribution is -0.157. The highest BCUT2D eigenvalue weighted by atomic mass is 16.6. The second-order valence-electron chi connectivity index (χ2n) is 8.58. The molecule has 1 amide bonds. The van der Waals surface area contributed by atoms with Crippen molar-refractivity contribution in [3.05, 3.63) is 30.3 Å². The lowest BCUT2D eigenvalue weighted by Gasteiger charge is -2.26. The number of hydrogen-bond acceptors (Lipinski definition) is 6. The lowest BCUT2D eigenvalue weighted by atomic mass is 10.1. The van der Waals surface area contributed by atoms with Gasteiger partial charge in [-0.2, -0.15) is 0 Å². The van der Waals surface area contributed by atoms with E-state index in [9.17, 15) is 14.4 Å². The zero-order chi connectivity index (χ0) is 21.5. The van der Waals surface area contributed by atoms with Crippen LogP contribution in [0.5, 0.6) is 0 Å². The molecule has 0 fully saturated rings. The van der Waals surface area contributed by atoms with Gasteiger partial charge in [-0.1, -0.05) is 18.2 Å². The third kappa shape index (κ3) is 8.99. The highest BCUT2D eigenvalue weighted by molar-refractivity contribution is 5.98. The Bertz CT molecular complexity index is 674. The molecule has 28 heavy (non-hydrogen) atoms. The molecular weight excluding hydrogens is 360 g/mol. The van der Waals surface area contributed by atoms with E-state index >= 15 is 0 Å². The minimum atomic E-state index is -0.915. The number of carbonyl (C=O) groups excluding carboxylic acids is 3. The smallest absolute Gasteiger partial charge is 0.326 e. The van der Waals surface area contributed by atoms with E-state index in [4.69, 9.17) is 15.2 Å². The van der Waals surface area contributed by atoms with Crippen LogP contribution < -0.4 is 10.6 Å². The summed E-state index contributed by atoms with van der Waals surface area (Å²) in [7, 11) is 0. The molecule has 0 aliphatic carbocycles. The van der Waals surface area contributed by atoms with Crippen LogP contribution in [-0.2, 0) is 23.9 Å². The first-order valence-corrected chi connectivity index (χ1v) is 9.34. The molecule has 0 saturated carbocycles. The molecule has 0 radical (unpaired) electrons. The van der Waals surface area contributed by atoms with Crippen LogP contribution >= 0.6 is 0 Å². The van der Waals surface area contributed by atoms with Gasteiger partial charge in [-0.25, -0.2) is 0 Å². The van der Waals surface area contributed by atoms with Crippen LogP contribution in [-0.4, -0.2) is 41.6 Å². The molecule has 0 aliphatic rings. The van der Waals surface area contributed by atoms with Gasteiger partial charge in [-0.15, -0.1) is 0 Å². The first kappa shape index (κ1) is 23.6. The van der Waals surface area contributed by atoms with Crippen LogP contribution in [0.25, 0.3) is 0 Å². The molecule has 0 aromatic heterocycles. The van der Waals surface area contributed by atoms with Gasteiger partial charge in [-0.05, 0) is 60.1 Å². The highest BCUT2D eigenvalue weighted by Gasteiger charge is 2.26. The number of amides is 1. The van der Waals surface area contributed by atoms with Crippen molar-refractivity contribution in [3.8, 4) is 0 Å². The molecule has 1 aromatic carbocycles. The summed E-state index contributed by atoms with van der Waals surface area (Å²) in [5, 5.41) is 0. The number of esters is 2. The zero-order valence-electron chi connectivity index (χ0n) is 17.7. The van der Waals surface area contributed by atoms with Crippen LogP contribution in [0.1, 0.15) is 54.4 Å². The number of hydrogen-bond donors (Lipinski definition) is 1. The largest absolute Gasteiger partial charge is 0.459 e. The Morgan fingerprint density at radius 1 is 0.964 bits per heavy atom. The van der Waals surface area contributed by atoms with Crippen molar-refractivity contribution in [2.24, 2.45) is 5.73 Å². The van der Waals surface area contributed by atoms with Crippen molar-refractivity contribution in [3.63, 3.8) is 0 Å².